The van der Waals surface area contributed by atoms with Crippen LogP contribution in [0.3, 0.4) is 0 Å². The SMILES string of the molecule is Cl.Oc1ccc2c(c1CNC1CCCCC1)CCCC2. The number of nitrogens with one attached hydrogen (secondary N) is 1. The molecule has 2 nitrogen and oxygen atoms in total. The molecule has 2 aliphatic rings. The lowest BCUT2D eigenvalue weighted by molar-refractivity contribution is 0.368. The van der Waals surface area contributed by atoms with Crippen LogP contribution in [0.15, 0.2) is 12.1 Å². The van der Waals surface area contributed by atoms with Gasteiger partial charge in [-0.05, 0) is 55.7 Å². The summed E-state index contributed by atoms with van der Waals surface area (Å²) in [6.07, 6.45) is 11.6. The van der Waals surface area contributed by atoms with E-state index >= 15 is 0 Å². The van der Waals surface area contributed by atoms with E-state index in [0.29, 0.717) is 11.8 Å². The van der Waals surface area contributed by atoms with Crippen LogP contribution in [0.25, 0.3) is 0 Å². The molecule has 0 atom stereocenters. The Kier molecular flexibility index (Phi) is 5.74. The number of phenolic OH excluding ortho intramolecular Hbond substituents is 1. The zero-order chi connectivity index (χ0) is 13.1. The summed E-state index contributed by atoms with van der Waals surface area (Å²) in [6.45, 7) is 0.847. The minimum absolute atomic E-state index is 0. The van der Waals surface area contributed by atoms with Crippen molar-refractivity contribution < 1.29 is 5.11 Å². The Morgan fingerprint density at radius 1 is 1.00 bits per heavy atom. The number of fused-ring (bicyclic) bond motifs is 1. The second-order valence-electron chi connectivity index (χ2n) is 6.12. The summed E-state index contributed by atoms with van der Waals surface area (Å²) < 4.78 is 0. The summed E-state index contributed by atoms with van der Waals surface area (Å²) in [4.78, 5) is 0. The third-order valence-corrected chi connectivity index (χ3v) is 4.80. The molecule has 0 bridgehead atoms. The van der Waals surface area contributed by atoms with Gasteiger partial charge in [0.05, 0.1) is 0 Å². The summed E-state index contributed by atoms with van der Waals surface area (Å²) in [5, 5.41) is 13.8. The third kappa shape index (κ3) is 3.48. The molecular formula is C17H26ClNO. The van der Waals surface area contributed by atoms with Gasteiger partial charge in [0.15, 0.2) is 0 Å². The van der Waals surface area contributed by atoms with Gasteiger partial charge in [-0.15, -0.1) is 12.4 Å². The first-order valence-corrected chi connectivity index (χ1v) is 7.90. The molecule has 0 aliphatic heterocycles. The Labute approximate surface area is 128 Å². The molecule has 1 aromatic rings. The van der Waals surface area contributed by atoms with Crippen LogP contribution in [0.4, 0.5) is 0 Å². The maximum absolute atomic E-state index is 10.2. The highest BCUT2D eigenvalue weighted by Gasteiger charge is 2.18. The normalized spacial score (nSPS) is 19.2. The molecule has 0 aromatic heterocycles. The summed E-state index contributed by atoms with van der Waals surface area (Å²) in [6, 6.07) is 4.67. The number of halogens is 1. The van der Waals surface area contributed by atoms with Crippen LogP contribution in [-0.2, 0) is 19.4 Å². The lowest BCUT2D eigenvalue weighted by Gasteiger charge is -2.25. The van der Waals surface area contributed by atoms with Gasteiger partial charge in [-0.3, -0.25) is 0 Å². The number of hydrogen-bond donors (Lipinski definition) is 2. The van der Waals surface area contributed by atoms with Crippen molar-refractivity contribution in [1.29, 1.82) is 0 Å². The van der Waals surface area contributed by atoms with E-state index in [1.807, 2.05) is 6.07 Å². The van der Waals surface area contributed by atoms with Crippen LogP contribution in [0.2, 0.25) is 0 Å². The predicted molar refractivity (Wildman–Crippen MR) is 85.7 cm³/mol. The van der Waals surface area contributed by atoms with Gasteiger partial charge in [0.1, 0.15) is 5.75 Å². The zero-order valence-electron chi connectivity index (χ0n) is 12.2. The van der Waals surface area contributed by atoms with E-state index in [2.05, 4.69) is 11.4 Å². The van der Waals surface area contributed by atoms with Crippen molar-refractivity contribution in [2.45, 2.75) is 70.4 Å². The van der Waals surface area contributed by atoms with Gasteiger partial charge in [-0.25, -0.2) is 0 Å². The van der Waals surface area contributed by atoms with Crippen LogP contribution in [0, 0.1) is 0 Å². The second kappa shape index (κ2) is 7.33. The maximum atomic E-state index is 10.2. The number of benzene rings is 1. The largest absolute Gasteiger partial charge is 0.508 e. The van der Waals surface area contributed by atoms with Crippen molar-refractivity contribution in [1.82, 2.24) is 5.32 Å². The monoisotopic (exact) mass is 295 g/mol. The fraction of sp³-hybridized carbons (Fsp3) is 0.647. The molecule has 0 heterocycles. The smallest absolute Gasteiger partial charge is 0.120 e. The molecule has 0 saturated heterocycles. The van der Waals surface area contributed by atoms with E-state index in [9.17, 15) is 5.11 Å². The van der Waals surface area contributed by atoms with Gasteiger partial charge in [-0.2, -0.15) is 0 Å². The fourth-order valence-corrected chi connectivity index (χ4v) is 3.64. The third-order valence-electron chi connectivity index (χ3n) is 4.80. The first-order valence-electron chi connectivity index (χ1n) is 7.90. The second-order valence-corrected chi connectivity index (χ2v) is 6.12. The predicted octanol–water partition coefficient (Wildman–Crippen LogP) is 4.12. The van der Waals surface area contributed by atoms with Crippen molar-refractivity contribution >= 4 is 12.4 Å². The summed E-state index contributed by atoms with van der Waals surface area (Å²) in [7, 11) is 0. The highest BCUT2D eigenvalue weighted by atomic mass is 35.5. The first-order chi connectivity index (χ1) is 9.34. The Bertz CT molecular complexity index is 441. The van der Waals surface area contributed by atoms with Crippen molar-refractivity contribution in [3.05, 3.63) is 28.8 Å². The Morgan fingerprint density at radius 3 is 2.55 bits per heavy atom. The van der Waals surface area contributed by atoms with Crippen LogP contribution in [0.1, 0.15) is 61.6 Å². The molecule has 0 spiro atoms. The highest BCUT2D eigenvalue weighted by Crippen LogP contribution is 2.30. The first kappa shape index (κ1) is 15.7. The average Bonchev–Trinajstić information content (AvgIpc) is 2.47. The molecule has 20 heavy (non-hydrogen) atoms. The minimum atomic E-state index is 0. The topological polar surface area (TPSA) is 32.3 Å². The van der Waals surface area contributed by atoms with Crippen LogP contribution >= 0.6 is 12.4 Å². The molecule has 1 saturated carbocycles. The summed E-state index contributed by atoms with van der Waals surface area (Å²) in [5.41, 5.74) is 4.06. The Balaban J connectivity index is 0.00000147. The molecule has 3 heteroatoms. The van der Waals surface area contributed by atoms with Crippen LogP contribution in [0.5, 0.6) is 5.75 Å². The van der Waals surface area contributed by atoms with E-state index < -0.39 is 0 Å². The molecular weight excluding hydrogens is 270 g/mol. The Morgan fingerprint density at radius 2 is 1.75 bits per heavy atom. The number of rotatable bonds is 3. The van der Waals surface area contributed by atoms with Gasteiger partial charge in [0, 0.05) is 18.2 Å². The van der Waals surface area contributed by atoms with E-state index in [1.165, 1.54) is 68.1 Å². The van der Waals surface area contributed by atoms with E-state index in [1.54, 1.807) is 0 Å². The quantitative estimate of drug-likeness (QED) is 0.879. The van der Waals surface area contributed by atoms with Crippen molar-refractivity contribution in [3.8, 4) is 5.75 Å². The molecule has 0 amide bonds. The highest BCUT2D eigenvalue weighted by molar-refractivity contribution is 5.85. The molecule has 0 radical (unpaired) electrons. The lowest BCUT2D eigenvalue weighted by atomic mass is 9.87. The minimum Gasteiger partial charge on any atom is -0.508 e. The number of hydrogen-bond acceptors (Lipinski definition) is 2. The number of aryl methyl sites for hydroxylation is 1. The fourth-order valence-electron chi connectivity index (χ4n) is 3.64. The summed E-state index contributed by atoms with van der Waals surface area (Å²) >= 11 is 0. The Hall–Kier alpha value is -0.730. The van der Waals surface area contributed by atoms with E-state index in [4.69, 9.17) is 0 Å². The van der Waals surface area contributed by atoms with Crippen LogP contribution < -0.4 is 5.32 Å². The zero-order valence-corrected chi connectivity index (χ0v) is 13.0. The average molecular weight is 296 g/mol. The van der Waals surface area contributed by atoms with Gasteiger partial charge in [0.25, 0.3) is 0 Å². The molecule has 1 aromatic carbocycles. The maximum Gasteiger partial charge on any atom is 0.120 e. The van der Waals surface area contributed by atoms with E-state index in [-0.39, 0.29) is 12.4 Å². The molecule has 1 fully saturated rings. The van der Waals surface area contributed by atoms with Crippen LogP contribution in [-0.4, -0.2) is 11.1 Å². The molecule has 112 valence electrons. The number of aromatic hydroxyl groups is 1. The number of phenols is 1. The van der Waals surface area contributed by atoms with Gasteiger partial charge < -0.3 is 10.4 Å². The van der Waals surface area contributed by atoms with Gasteiger partial charge >= 0.3 is 0 Å². The standard InChI is InChI=1S/C17H25NO.ClH/c19-17-11-10-13-6-4-5-9-15(13)16(17)12-18-14-7-2-1-3-8-14;/h10-11,14,18-19H,1-9,12H2;1H. The van der Waals surface area contributed by atoms with Crippen molar-refractivity contribution in [2.75, 3.05) is 0 Å². The molecule has 0 unspecified atom stereocenters. The lowest BCUT2D eigenvalue weighted by Crippen LogP contribution is -2.31. The van der Waals surface area contributed by atoms with Gasteiger partial charge in [-0.1, -0.05) is 25.3 Å². The molecule has 3 rings (SSSR count). The molecule has 2 N–H and O–H groups in total. The van der Waals surface area contributed by atoms with Crippen molar-refractivity contribution in [3.63, 3.8) is 0 Å². The van der Waals surface area contributed by atoms with Crippen molar-refractivity contribution in [2.24, 2.45) is 0 Å². The summed E-state index contributed by atoms with van der Waals surface area (Å²) in [5.74, 6) is 0.490. The van der Waals surface area contributed by atoms with Gasteiger partial charge in [0.2, 0.25) is 0 Å². The molecule has 2 aliphatic carbocycles. The van der Waals surface area contributed by atoms with E-state index in [0.717, 1.165) is 13.0 Å².